The minimum atomic E-state index is -0.0136. The highest BCUT2D eigenvalue weighted by atomic mass is 79.9. The summed E-state index contributed by atoms with van der Waals surface area (Å²) in [6, 6.07) is 11.3. The summed E-state index contributed by atoms with van der Waals surface area (Å²) in [5.74, 6) is 0.595. The van der Waals surface area contributed by atoms with Gasteiger partial charge in [-0.15, -0.1) is 0 Å². The van der Waals surface area contributed by atoms with E-state index in [4.69, 9.17) is 15.9 Å². The van der Waals surface area contributed by atoms with Gasteiger partial charge in [-0.1, -0.05) is 12.1 Å². The van der Waals surface area contributed by atoms with Crippen molar-refractivity contribution >= 4 is 21.8 Å². The third-order valence-electron chi connectivity index (χ3n) is 2.59. The molecule has 0 amide bonds. The van der Waals surface area contributed by atoms with E-state index in [1.807, 2.05) is 30.3 Å². The van der Waals surface area contributed by atoms with E-state index < -0.39 is 0 Å². The highest BCUT2D eigenvalue weighted by Crippen LogP contribution is 2.26. The number of nitrogen functional groups attached to an aromatic ring is 1. The number of pyridine rings is 1. The average molecular weight is 320 g/mol. The van der Waals surface area contributed by atoms with Crippen molar-refractivity contribution in [1.82, 2.24) is 4.98 Å². The van der Waals surface area contributed by atoms with Gasteiger partial charge in [-0.05, 0) is 40.2 Å². The number of benzene rings is 1. The summed E-state index contributed by atoms with van der Waals surface area (Å²) in [5.41, 5.74) is 7.12. The van der Waals surface area contributed by atoms with Crippen molar-refractivity contribution < 1.29 is 4.74 Å². The number of ether oxygens (including phenoxy) is 1. The summed E-state index contributed by atoms with van der Waals surface area (Å²) in [6.07, 6.45) is 2.47. The zero-order chi connectivity index (χ0) is 13.7. The van der Waals surface area contributed by atoms with E-state index in [0.29, 0.717) is 24.3 Å². The number of nitrogens with zero attached hydrogens (tertiary/aromatic N) is 1. The standard InChI is InChI=1S/C14H14BrN3O/c15-11-5-3-6-12(13(11)14(16)17)19-9-7-10-4-1-2-8-18-10/h1-6,8H,7,9H2,(H3,16,17). The third kappa shape index (κ3) is 3.54. The van der Waals surface area contributed by atoms with Crippen LogP contribution < -0.4 is 10.5 Å². The van der Waals surface area contributed by atoms with Gasteiger partial charge in [0.15, 0.2) is 0 Å². The third-order valence-corrected chi connectivity index (χ3v) is 3.25. The lowest BCUT2D eigenvalue weighted by Crippen LogP contribution is -2.14. The molecular formula is C14H14BrN3O. The van der Waals surface area contributed by atoms with Crippen LogP contribution in [0.4, 0.5) is 0 Å². The molecular weight excluding hydrogens is 306 g/mol. The molecule has 0 aliphatic rings. The summed E-state index contributed by atoms with van der Waals surface area (Å²) >= 11 is 3.37. The predicted octanol–water partition coefficient (Wildman–Crippen LogP) is 2.75. The number of nitrogens with two attached hydrogens (primary N) is 1. The molecule has 3 N–H and O–H groups in total. The van der Waals surface area contributed by atoms with Crippen LogP contribution in [-0.2, 0) is 6.42 Å². The summed E-state index contributed by atoms with van der Waals surface area (Å²) < 4.78 is 6.45. The lowest BCUT2D eigenvalue weighted by Gasteiger charge is -2.11. The summed E-state index contributed by atoms with van der Waals surface area (Å²) in [6.45, 7) is 0.494. The SMILES string of the molecule is N=C(N)c1c(Br)cccc1OCCc1ccccn1. The van der Waals surface area contributed by atoms with E-state index in [9.17, 15) is 0 Å². The molecule has 98 valence electrons. The van der Waals surface area contributed by atoms with Crippen LogP contribution in [0.2, 0.25) is 0 Å². The first kappa shape index (κ1) is 13.5. The maximum Gasteiger partial charge on any atom is 0.131 e. The Morgan fingerprint density at radius 3 is 2.79 bits per heavy atom. The highest BCUT2D eigenvalue weighted by molar-refractivity contribution is 9.10. The number of amidine groups is 1. The largest absolute Gasteiger partial charge is 0.492 e. The van der Waals surface area contributed by atoms with Crippen LogP contribution in [0, 0.1) is 5.41 Å². The van der Waals surface area contributed by atoms with Gasteiger partial charge in [0.1, 0.15) is 11.6 Å². The van der Waals surface area contributed by atoms with Gasteiger partial charge in [0.2, 0.25) is 0 Å². The minimum absolute atomic E-state index is 0.0136. The van der Waals surface area contributed by atoms with Crippen LogP contribution in [0.1, 0.15) is 11.3 Å². The van der Waals surface area contributed by atoms with E-state index in [0.717, 1.165) is 10.2 Å². The molecule has 0 spiro atoms. The Bertz CT molecular complexity index is 572. The van der Waals surface area contributed by atoms with Gasteiger partial charge >= 0.3 is 0 Å². The zero-order valence-corrected chi connectivity index (χ0v) is 11.9. The van der Waals surface area contributed by atoms with E-state index in [-0.39, 0.29) is 5.84 Å². The summed E-state index contributed by atoms with van der Waals surface area (Å²) in [5, 5.41) is 7.57. The molecule has 0 radical (unpaired) electrons. The number of halogens is 1. The van der Waals surface area contributed by atoms with Crippen LogP contribution in [0.25, 0.3) is 0 Å². The Labute approximate surface area is 120 Å². The molecule has 0 unspecified atom stereocenters. The number of rotatable bonds is 5. The van der Waals surface area contributed by atoms with Crippen LogP contribution >= 0.6 is 15.9 Å². The van der Waals surface area contributed by atoms with Gasteiger partial charge in [0.05, 0.1) is 12.2 Å². The second-order valence-electron chi connectivity index (χ2n) is 3.95. The molecule has 4 nitrogen and oxygen atoms in total. The maximum atomic E-state index is 7.57. The highest BCUT2D eigenvalue weighted by Gasteiger charge is 2.10. The molecule has 19 heavy (non-hydrogen) atoms. The first-order chi connectivity index (χ1) is 9.18. The number of hydrogen-bond acceptors (Lipinski definition) is 3. The predicted molar refractivity (Wildman–Crippen MR) is 78.6 cm³/mol. The molecule has 0 atom stereocenters. The maximum absolute atomic E-state index is 7.57. The second kappa shape index (κ2) is 6.33. The quantitative estimate of drug-likeness (QED) is 0.657. The van der Waals surface area contributed by atoms with Crippen molar-refractivity contribution in [2.24, 2.45) is 5.73 Å². The zero-order valence-electron chi connectivity index (χ0n) is 10.3. The lowest BCUT2D eigenvalue weighted by atomic mass is 10.2. The molecule has 0 aliphatic carbocycles. The van der Waals surface area contributed by atoms with Crippen molar-refractivity contribution in [3.05, 3.63) is 58.3 Å². The lowest BCUT2D eigenvalue weighted by molar-refractivity contribution is 0.319. The first-order valence-corrected chi connectivity index (χ1v) is 6.63. The molecule has 1 heterocycles. The average Bonchev–Trinajstić information content (AvgIpc) is 2.39. The normalized spacial score (nSPS) is 10.2. The van der Waals surface area contributed by atoms with Gasteiger partial charge in [0, 0.05) is 22.8 Å². The molecule has 2 aromatic rings. The van der Waals surface area contributed by atoms with Crippen molar-refractivity contribution in [2.45, 2.75) is 6.42 Å². The van der Waals surface area contributed by atoms with Gasteiger partial charge in [-0.25, -0.2) is 0 Å². The molecule has 1 aromatic heterocycles. The van der Waals surface area contributed by atoms with Crippen molar-refractivity contribution in [3.63, 3.8) is 0 Å². The van der Waals surface area contributed by atoms with Gasteiger partial charge in [-0.3, -0.25) is 10.4 Å². The number of aromatic nitrogens is 1. The van der Waals surface area contributed by atoms with Crippen LogP contribution in [-0.4, -0.2) is 17.4 Å². The molecule has 5 heteroatoms. The number of nitrogens with one attached hydrogen (secondary N) is 1. The molecule has 2 rings (SSSR count). The van der Waals surface area contributed by atoms with E-state index in [1.165, 1.54) is 0 Å². The molecule has 0 fully saturated rings. The first-order valence-electron chi connectivity index (χ1n) is 5.84. The monoisotopic (exact) mass is 319 g/mol. The van der Waals surface area contributed by atoms with Gasteiger partial charge < -0.3 is 10.5 Å². The molecule has 1 aromatic carbocycles. The Kier molecular flexibility index (Phi) is 4.52. The van der Waals surface area contributed by atoms with Crippen LogP contribution in [0.15, 0.2) is 47.1 Å². The fraction of sp³-hybridized carbons (Fsp3) is 0.143. The van der Waals surface area contributed by atoms with E-state index in [2.05, 4.69) is 20.9 Å². The van der Waals surface area contributed by atoms with Gasteiger partial charge in [0.25, 0.3) is 0 Å². The smallest absolute Gasteiger partial charge is 0.131 e. The van der Waals surface area contributed by atoms with E-state index >= 15 is 0 Å². The molecule has 0 saturated heterocycles. The second-order valence-corrected chi connectivity index (χ2v) is 4.80. The topological polar surface area (TPSA) is 72.0 Å². The fourth-order valence-corrected chi connectivity index (χ4v) is 2.26. The van der Waals surface area contributed by atoms with Crippen LogP contribution in [0.3, 0.4) is 0 Å². The molecule has 0 saturated carbocycles. The van der Waals surface area contributed by atoms with Gasteiger partial charge in [-0.2, -0.15) is 0 Å². The summed E-state index contributed by atoms with van der Waals surface area (Å²) in [4.78, 5) is 4.23. The Morgan fingerprint density at radius 1 is 1.26 bits per heavy atom. The van der Waals surface area contributed by atoms with Crippen LogP contribution in [0.5, 0.6) is 5.75 Å². The van der Waals surface area contributed by atoms with Crippen molar-refractivity contribution in [3.8, 4) is 5.75 Å². The van der Waals surface area contributed by atoms with E-state index in [1.54, 1.807) is 12.3 Å². The molecule has 0 bridgehead atoms. The number of hydrogen-bond donors (Lipinski definition) is 2. The van der Waals surface area contributed by atoms with Crippen molar-refractivity contribution in [1.29, 1.82) is 5.41 Å². The molecule has 0 aliphatic heterocycles. The Morgan fingerprint density at radius 2 is 2.11 bits per heavy atom. The Hall–Kier alpha value is -1.88. The minimum Gasteiger partial charge on any atom is -0.492 e. The van der Waals surface area contributed by atoms with Crippen molar-refractivity contribution in [2.75, 3.05) is 6.61 Å². The summed E-state index contributed by atoms with van der Waals surface area (Å²) in [7, 11) is 0. The fourth-order valence-electron chi connectivity index (χ4n) is 1.70. The Balaban J connectivity index is 2.04.